The minimum Gasteiger partial charge on any atom is -0.497 e. The van der Waals surface area contributed by atoms with Gasteiger partial charge in [0, 0.05) is 17.4 Å². The first kappa shape index (κ1) is 16.9. The van der Waals surface area contributed by atoms with Crippen LogP contribution in [0.2, 0.25) is 0 Å². The van der Waals surface area contributed by atoms with Crippen LogP contribution in [0.25, 0.3) is 0 Å². The van der Waals surface area contributed by atoms with Crippen LogP contribution in [0.1, 0.15) is 26.3 Å². The molecular formula is C19H24N2O2. The van der Waals surface area contributed by atoms with E-state index in [9.17, 15) is 4.79 Å². The predicted octanol–water partition coefficient (Wildman–Crippen LogP) is 4.09. The van der Waals surface area contributed by atoms with Gasteiger partial charge < -0.3 is 15.4 Å². The summed E-state index contributed by atoms with van der Waals surface area (Å²) in [5, 5.41) is 6.19. The van der Waals surface area contributed by atoms with Gasteiger partial charge in [-0.2, -0.15) is 0 Å². The van der Waals surface area contributed by atoms with Crippen LogP contribution in [0, 0.1) is 0 Å². The van der Waals surface area contributed by atoms with Crippen LogP contribution in [0.4, 0.5) is 11.4 Å². The van der Waals surface area contributed by atoms with Crippen molar-refractivity contribution in [3.63, 3.8) is 0 Å². The summed E-state index contributed by atoms with van der Waals surface area (Å²) in [7, 11) is 1.62. The molecular weight excluding hydrogens is 288 g/mol. The summed E-state index contributed by atoms with van der Waals surface area (Å²) in [6, 6.07) is 15.4. The average Bonchev–Trinajstić information content (AvgIpc) is 2.55. The van der Waals surface area contributed by atoms with E-state index in [0.717, 1.165) is 23.5 Å². The third kappa shape index (κ3) is 4.49. The molecule has 122 valence electrons. The maximum absolute atomic E-state index is 12.5. The lowest BCUT2D eigenvalue weighted by Gasteiger charge is -2.26. The normalized spacial score (nSPS) is 11.0. The second kappa shape index (κ2) is 7.18. The molecule has 23 heavy (non-hydrogen) atoms. The Morgan fingerprint density at radius 3 is 2.39 bits per heavy atom. The first-order chi connectivity index (χ1) is 10.9. The molecule has 2 N–H and O–H groups in total. The molecule has 0 spiro atoms. The highest BCUT2D eigenvalue weighted by atomic mass is 16.5. The fourth-order valence-electron chi connectivity index (χ4n) is 2.23. The number of methoxy groups -OCH3 is 1. The van der Waals surface area contributed by atoms with Gasteiger partial charge >= 0.3 is 0 Å². The van der Waals surface area contributed by atoms with E-state index in [1.165, 1.54) is 5.56 Å². The summed E-state index contributed by atoms with van der Waals surface area (Å²) < 4.78 is 5.21. The van der Waals surface area contributed by atoms with Gasteiger partial charge in [0.2, 0.25) is 5.91 Å². The van der Waals surface area contributed by atoms with E-state index in [1.807, 2.05) is 62.4 Å². The topological polar surface area (TPSA) is 50.4 Å². The Morgan fingerprint density at radius 1 is 1.09 bits per heavy atom. The minimum atomic E-state index is -0.754. The first-order valence-corrected chi connectivity index (χ1v) is 7.77. The first-order valence-electron chi connectivity index (χ1n) is 7.77. The molecule has 1 amide bonds. The van der Waals surface area contributed by atoms with Gasteiger partial charge in [-0.3, -0.25) is 4.79 Å². The Balaban J connectivity index is 2.06. The van der Waals surface area contributed by atoms with Crippen molar-refractivity contribution in [1.29, 1.82) is 0 Å². The molecule has 0 radical (unpaired) electrons. The Bertz CT molecular complexity index is 663. The number of rotatable bonds is 6. The van der Waals surface area contributed by atoms with Crippen LogP contribution in [0.5, 0.6) is 5.75 Å². The SMILES string of the molecule is CCc1ccc(NC(=O)C(C)(C)Nc2cccc(OC)c2)cc1. The largest absolute Gasteiger partial charge is 0.497 e. The van der Waals surface area contributed by atoms with E-state index < -0.39 is 5.54 Å². The molecule has 0 bridgehead atoms. The Morgan fingerprint density at radius 2 is 1.78 bits per heavy atom. The molecule has 0 heterocycles. The van der Waals surface area contributed by atoms with Gasteiger partial charge in [0.05, 0.1) is 7.11 Å². The van der Waals surface area contributed by atoms with E-state index >= 15 is 0 Å². The lowest BCUT2D eigenvalue weighted by atomic mass is 10.0. The molecule has 0 atom stereocenters. The number of carbonyl (C=O) groups is 1. The van der Waals surface area contributed by atoms with Gasteiger partial charge in [-0.25, -0.2) is 0 Å². The van der Waals surface area contributed by atoms with Crippen LogP contribution in [-0.4, -0.2) is 18.6 Å². The van der Waals surface area contributed by atoms with Gasteiger partial charge in [-0.1, -0.05) is 25.1 Å². The van der Waals surface area contributed by atoms with Gasteiger partial charge in [-0.15, -0.1) is 0 Å². The molecule has 2 aromatic carbocycles. The van der Waals surface area contributed by atoms with Crippen molar-refractivity contribution in [2.45, 2.75) is 32.7 Å². The Labute approximate surface area is 137 Å². The number of carbonyl (C=O) groups excluding carboxylic acids is 1. The van der Waals surface area contributed by atoms with E-state index in [0.29, 0.717) is 0 Å². The molecule has 0 saturated heterocycles. The number of nitrogens with one attached hydrogen (secondary N) is 2. The maximum atomic E-state index is 12.5. The smallest absolute Gasteiger partial charge is 0.249 e. The zero-order chi connectivity index (χ0) is 16.9. The van der Waals surface area contributed by atoms with Gasteiger partial charge in [0.15, 0.2) is 0 Å². The number of aryl methyl sites for hydroxylation is 1. The van der Waals surface area contributed by atoms with Crippen LogP contribution < -0.4 is 15.4 Å². The summed E-state index contributed by atoms with van der Waals surface area (Å²) in [6.45, 7) is 5.80. The number of hydrogen-bond acceptors (Lipinski definition) is 3. The zero-order valence-electron chi connectivity index (χ0n) is 14.1. The molecule has 4 heteroatoms. The molecule has 0 fully saturated rings. The van der Waals surface area contributed by atoms with Crippen molar-refractivity contribution in [2.75, 3.05) is 17.7 Å². The second-order valence-corrected chi connectivity index (χ2v) is 5.99. The summed E-state index contributed by atoms with van der Waals surface area (Å²) in [6.07, 6.45) is 0.983. The van der Waals surface area contributed by atoms with Crippen LogP contribution in [-0.2, 0) is 11.2 Å². The van der Waals surface area contributed by atoms with Gasteiger partial charge in [0.25, 0.3) is 0 Å². The van der Waals surface area contributed by atoms with Gasteiger partial charge in [0.1, 0.15) is 11.3 Å². The molecule has 0 aromatic heterocycles. The van der Waals surface area contributed by atoms with Crippen molar-refractivity contribution in [2.24, 2.45) is 0 Å². The van der Waals surface area contributed by atoms with Crippen molar-refractivity contribution in [1.82, 2.24) is 0 Å². The Hall–Kier alpha value is -2.49. The predicted molar refractivity (Wildman–Crippen MR) is 95.1 cm³/mol. The third-order valence-electron chi connectivity index (χ3n) is 3.71. The molecule has 0 unspecified atom stereocenters. The molecule has 0 aliphatic carbocycles. The fraction of sp³-hybridized carbons (Fsp3) is 0.316. The van der Waals surface area contributed by atoms with Crippen molar-refractivity contribution in [3.8, 4) is 5.75 Å². The molecule has 2 aromatic rings. The van der Waals surface area contributed by atoms with E-state index in [1.54, 1.807) is 7.11 Å². The maximum Gasteiger partial charge on any atom is 0.249 e. The summed E-state index contributed by atoms with van der Waals surface area (Å²) in [5.41, 5.74) is 2.13. The van der Waals surface area contributed by atoms with Crippen molar-refractivity contribution < 1.29 is 9.53 Å². The van der Waals surface area contributed by atoms with Crippen LogP contribution >= 0.6 is 0 Å². The number of benzene rings is 2. The van der Waals surface area contributed by atoms with Crippen LogP contribution in [0.15, 0.2) is 48.5 Å². The summed E-state index contributed by atoms with van der Waals surface area (Å²) in [4.78, 5) is 12.5. The quantitative estimate of drug-likeness (QED) is 0.845. The highest BCUT2D eigenvalue weighted by Gasteiger charge is 2.27. The summed E-state index contributed by atoms with van der Waals surface area (Å²) >= 11 is 0. The number of amides is 1. The standard InChI is InChI=1S/C19H24N2O2/c1-5-14-9-11-15(12-10-14)20-18(22)19(2,3)21-16-7-6-8-17(13-16)23-4/h6-13,21H,5H2,1-4H3,(H,20,22). The van der Waals surface area contributed by atoms with Crippen molar-refractivity contribution in [3.05, 3.63) is 54.1 Å². The lowest BCUT2D eigenvalue weighted by molar-refractivity contribution is -0.119. The molecule has 0 saturated carbocycles. The second-order valence-electron chi connectivity index (χ2n) is 5.99. The number of anilines is 2. The van der Waals surface area contributed by atoms with E-state index in [-0.39, 0.29) is 5.91 Å². The minimum absolute atomic E-state index is 0.0930. The Kier molecular flexibility index (Phi) is 5.27. The highest BCUT2D eigenvalue weighted by molar-refractivity contribution is 5.99. The van der Waals surface area contributed by atoms with Crippen molar-refractivity contribution >= 4 is 17.3 Å². The molecule has 4 nitrogen and oxygen atoms in total. The van der Waals surface area contributed by atoms with Crippen LogP contribution in [0.3, 0.4) is 0 Å². The zero-order valence-corrected chi connectivity index (χ0v) is 14.1. The van der Waals surface area contributed by atoms with Gasteiger partial charge in [-0.05, 0) is 50.1 Å². The summed E-state index contributed by atoms with van der Waals surface area (Å²) in [5.74, 6) is 0.658. The lowest BCUT2D eigenvalue weighted by Crippen LogP contribution is -2.44. The monoisotopic (exact) mass is 312 g/mol. The number of hydrogen-bond donors (Lipinski definition) is 2. The van der Waals surface area contributed by atoms with E-state index in [4.69, 9.17) is 4.74 Å². The fourth-order valence-corrected chi connectivity index (χ4v) is 2.23. The molecule has 0 aliphatic rings. The van der Waals surface area contributed by atoms with E-state index in [2.05, 4.69) is 17.6 Å². The highest BCUT2D eigenvalue weighted by Crippen LogP contribution is 2.22. The molecule has 0 aliphatic heterocycles. The number of ether oxygens (including phenoxy) is 1. The molecule has 2 rings (SSSR count). The average molecular weight is 312 g/mol. The third-order valence-corrected chi connectivity index (χ3v) is 3.71.